The van der Waals surface area contributed by atoms with E-state index in [-0.39, 0.29) is 5.56 Å². The highest BCUT2D eigenvalue weighted by molar-refractivity contribution is 5.88. The summed E-state index contributed by atoms with van der Waals surface area (Å²) in [5.74, 6) is -0.954. The van der Waals surface area contributed by atoms with Crippen molar-refractivity contribution in [3.05, 3.63) is 47.5 Å². The molecule has 1 aliphatic heterocycles. The molecule has 6 nitrogen and oxygen atoms in total. The van der Waals surface area contributed by atoms with Gasteiger partial charge < -0.3 is 9.84 Å². The molecule has 0 atom stereocenters. The lowest BCUT2D eigenvalue weighted by atomic mass is 10.1. The summed E-state index contributed by atoms with van der Waals surface area (Å²) in [6.07, 6.45) is 10.9. The molecule has 0 aliphatic carbocycles. The van der Waals surface area contributed by atoms with Gasteiger partial charge in [-0.1, -0.05) is 0 Å². The third-order valence-corrected chi connectivity index (χ3v) is 3.66. The summed E-state index contributed by atoms with van der Waals surface area (Å²) in [6, 6.07) is 3.41. The summed E-state index contributed by atoms with van der Waals surface area (Å²) in [5.41, 5.74) is 1.81. The van der Waals surface area contributed by atoms with Gasteiger partial charge in [0.15, 0.2) is 0 Å². The monoisotopic (exact) mass is 299 g/mol. The number of nitrogens with zero attached hydrogens (tertiary/aromatic N) is 3. The molecule has 114 valence electrons. The van der Waals surface area contributed by atoms with Crippen LogP contribution in [0.1, 0.15) is 40.5 Å². The molecule has 0 aromatic carbocycles. The lowest BCUT2D eigenvalue weighted by Crippen LogP contribution is -2.19. The Bertz CT molecular complexity index is 687. The van der Waals surface area contributed by atoms with Crippen LogP contribution in [0.5, 0.6) is 0 Å². The summed E-state index contributed by atoms with van der Waals surface area (Å²) in [7, 11) is 0. The minimum absolute atomic E-state index is 0.229. The lowest BCUT2D eigenvalue weighted by Gasteiger charge is -2.22. The topological polar surface area (TPSA) is 77.2 Å². The molecule has 0 bridgehead atoms. The Morgan fingerprint density at radius 1 is 1.36 bits per heavy atom. The quantitative estimate of drug-likeness (QED) is 0.938. The molecular weight excluding hydrogens is 282 g/mol. The van der Waals surface area contributed by atoms with E-state index < -0.39 is 5.97 Å². The molecule has 22 heavy (non-hydrogen) atoms. The van der Waals surface area contributed by atoms with Gasteiger partial charge in [-0.15, -0.1) is 0 Å². The molecule has 0 amide bonds. The maximum Gasteiger partial charge on any atom is 0.335 e. The molecule has 1 fully saturated rings. The molecule has 3 heterocycles. The van der Waals surface area contributed by atoms with Crippen LogP contribution in [0.4, 0.5) is 0 Å². The van der Waals surface area contributed by atoms with E-state index in [1.807, 2.05) is 17.0 Å². The Morgan fingerprint density at radius 3 is 2.95 bits per heavy atom. The second-order valence-electron chi connectivity index (χ2n) is 5.21. The van der Waals surface area contributed by atoms with Crippen molar-refractivity contribution in [2.45, 2.75) is 18.9 Å². The van der Waals surface area contributed by atoms with Gasteiger partial charge in [-0.2, -0.15) is 5.10 Å². The van der Waals surface area contributed by atoms with E-state index in [0.29, 0.717) is 11.7 Å². The Kier molecular flexibility index (Phi) is 4.29. The van der Waals surface area contributed by atoms with Crippen molar-refractivity contribution in [1.82, 2.24) is 14.8 Å². The van der Waals surface area contributed by atoms with Crippen molar-refractivity contribution in [2.75, 3.05) is 13.2 Å². The zero-order chi connectivity index (χ0) is 15.4. The van der Waals surface area contributed by atoms with Crippen LogP contribution in [0.25, 0.3) is 12.2 Å². The molecule has 1 N–H and O–H groups in total. The van der Waals surface area contributed by atoms with Gasteiger partial charge >= 0.3 is 5.97 Å². The highest BCUT2D eigenvalue weighted by Gasteiger charge is 2.15. The molecule has 0 unspecified atom stereocenters. The molecule has 2 aromatic rings. The van der Waals surface area contributed by atoms with E-state index in [0.717, 1.165) is 31.6 Å². The molecule has 0 spiro atoms. The fourth-order valence-corrected chi connectivity index (χ4v) is 2.44. The van der Waals surface area contributed by atoms with Crippen LogP contribution in [0, 0.1) is 0 Å². The molecule has 2 aromatic heterocycles. The van der Waals surface area contributed by atoms with E-state index >= 15 is 0 Å². The predicted molar refractivity (Wildman–Crippen MR) is 81.4 cm³/mol. The fraction of sp³-hybridized carbons (Fsp3) is 0.312. The number of carboxylic acids is 1. The van der Waals surface area contributed by atoms with Gasteiger partial charge in [0.25, 0.3) is 0 Å². The first-order valence-corrected chi connectivity index (χ1v) is 7.22. The first kappa shape index (κ1) is 14.5. The van der Waals surface area contributed by atoms with Crippen LogP contribution in [-0.4, -0.2) is 39.1 Å². The summed E-state index contributed by atoms with van der Waals surface area (Å²) < 4.78 is 7.33. The van der Waals surface area contributed by atoms with Crippen LogP contribution in [0.3, 0.4) is 0 Å². The SMILES string of the molecule is O=C(O)c1ccnc(/C=C/c2cnn(C3CCOCC3)c2)c1. The second kappa shape index (κ2) is 6.53. The number of hydrogen-bond donors (Lipinski definition) is 1. The smallest absolute Gasteiger partial charge is 0.335 e. The van der Waals surface area contributed by atoms with Crippen molar-refractivity contribution < 1.29 is 14.6 Å². The van der Waals surface area contributed by atoms with Crippen LogP contribution < -0.4 is 0 Å². The van der Waals surface area contributed by atoms with E-state index in [9.17, 15) is 4.79 Å². The van der Waals surface area contributed by atoms with E-state index in [1.54, 1.807) is 18.3 Å². The first-order chi connectivity index (χ1) is 10.7. The van der Waals surface area contributed by atoms with Crippen LogP contribution >= 0.6 is 0 Å². The molecule has 3 rings (SSSR count). The van der Waals surface area contributed by atoms with Crippen molar-refractivity contribution in [1.29, 1.82) is 0 Å². The van der Waals surface area contributed by atoms with Gasteiger partial charge in [-0.3, -0.25) is 9.67 Å². The Hall–Kier alpha value is -2.47. The number of rotatable bonds is 4. The standard InChI is InChI=1S/C16H17N3O3/c20-16(21)13-3-6-17-14(9-13)2-1-12-10-18-19(11-12)15-4-7-22-8-5-15/h1-3,6,9-11,15H,4-5,7-8H2,(H,20,21)/b2-1+. The van der Waals surface area contributed by atoms with Gasteiger partial charge in [0.2, 0.25) is 0 Å². The molecule has 6 heteroatoms. The van der Waals surface area contributed by atoms with Crippen LogP contribution in [-0.2, 0) is 4.74 Å². The maximum atomic E-state index is 10.9. The highest BCUT2D eigenvalue weighted by atomic mass is 16.5. The average molecular weight is 299 g/mol. The Balaban J connectivity index is 1.71. The number of aromatic nitrogens is 3. The van der Waals surface area contributed by atoms with Crippen molar-refractivity contribution >= 4 is 18.1 Å². The number of ether oxygens (including phenoxy) is 1. The summed E-state index contributed by atoms with van der Waals surface area (Å²) >= 11 is 0. The molecule has 1 aliphatic rings. The fourth-order valence-electron chi connectivity index (χ4n) is 2.44. The number of hydrogen-bond acceptors (Lipinski definition) is 4. The highest BCUT2D eigenvalue weighted by Crippen LogP contribution is 2.20. The van der Waals surface area contributed by atoms with Crippen molar-refractivity contribution in [2.24, 2.45) is 0 Å². The zero-order valence-electron chi connectivity index (χ0n) is 12.1. The van der Waals surface area contributed by atoms with Gasteiger partial charge in [0.05, 0.1) is 23.5 Å². The molecular formula is C16H17N3O3. The number of carbonyl (C=O) groups is 1. The first-order valence-electron chi connectivity index (χ1n) is 7.22. The van der Waals surface area contributed by atoms with Crippen molar-refractivity contribution in [3.8, 4) is 0 Å². The summed E-state index contributed by atoms with van der Waals surface area (Å²) in [6.45, 7) is 1.56. The largest absolute Gasteiger partial charge is 0.478 e. The van der Waals surface area contributed by atoms with Gasteiger partial charge in [-0.25, -0.2) is 4.79 Å². The van der Waals surface area contributed by atoms with Crippen LogP contribution in [0.15, 0.2) is 30.7 Å². The molecule has 1 saturated heterocycles. The van der Waals surface area contributed by atoms with Gasteiger partial charge in [0, 0.05) is 31.2 Å². The number of carboxylic acid groups (broad SMARTS) is 1. The van der Waals surface area contributed by atoms with E-state index in [1.165, 1.54) is 12.3 Å². The molecule has 0 saturated carbocycles. The Morgan fingerprint density at radius 2 is 2.18 bits per heavy atom. The molecule has 0 radical (unpaired) electrons. The maximum absolute atomic E-state index is 10.9. The van der Waals surface area contributed by atoms with Gasteiger partial charge in [-0.05, 0) is 37.1 Å². The summed E-state index contributed by atoms with van der Waals surface area (Å²) in [4.78, 5) is 15.1. The Labute approximate surface area is 128 Å². The minimum atomic E-state index is -0.954. The number of aromatic carboxylic acids is 1. The van der Waals surface area contributed by atoms with Gasteiger partial charge in [0.1, 0.15) is 0 Å². The van der Waals surface area contributed by atoms with Crippen molar-refractivity contribution in [3.63, 3.8) is 0 Å². The third kappa shape index (κ3) is 3.40. The second-order valence-corrected chi connectivity index (χ2v) is 5.21. The normalized spacial score (nSPS) is 16.2. The third-order valence-electron chi connectivity index (χ3n) is 3.66. The zero-order valence-corrected chi connectivity index (χ0v) is 12.1. The van der Waals surface area contributed by atoms with E-state index in [2.05, 4.69) is 10.1 Å². The van der Waals surface area contributed by atoms with Crippen LogP contribution in [0.2, 0.25) is 0 Å². The number of pyridine rings is 1. The van der Waals surface area contributed by atoms with E-state index in [4.69, 9.17) is 9.84 Å². The lowest BCUT2D eigenvalue weighted by molar-refractivity contribution is 0.0662. The predicted octanol–water partition coefficient (Wildman–Crippen LogP) is 2.50. The average Bonchev–Trinajstić information content (AvgIpc) is 3.03. The minimum Gasteiger partial charge on any atom is -0.478 e. The summed E-state index contributed by atoms with van der Waals surface area (Å²) in [5, 5.41) is 13.4.